The number of hydrogen-bond acceptors (Lipinski definition) is 4. The minimum absolute atomic E-state index is 0.443. The molecule has 2 heterocycles. The van der Waals surface area contributed by atoms with Crippen LogP contribution in [-0.4, -0.2) is 75.4 Å². The lowest BCUT2D eigenvalue weighted by molar-refractivity contribution is -0.0113. The number of rotatable bonds is 6. The first-order chi connectivity index (χ1) is 10.2. The largest absolute Gasteiger partial charge is 0.381 e. The van der Waals surface area contributed by atoms with E-state index in [-0.39, 0.29) is 0 Å². The number of piperidine rings is 1. The van der Waals surface area contributed by atoms with Crippen LogP contribution in [0.5, 0.6) is 0 Å². The van der Waals surface area contributed by atoms with Crippen molar-refractivity contribution < 1.29 is 4.74 Å². The van der Waals surface area contributed by atoms with Gasteiger partial charge in [-0.05, 0) is 71.1 Å². The highest BCUT2D eigenvalue weighted by Crippen LogP contribution is 2.33. The number of hydrogen-bond donors (Lipinski definition) is 1. The predicted octanol–water partition coefficient (Wildman–Crippen LogP) is 1.56. The monoisotopic (exact) mass is 295 g/mol. The predicted molar refractivity (Wildman–Crippen MR) is 86.7 cm³/mol. The molecular weight excluding hydrogens is 262 g/mol. The summed E-state index contributed by atoms with van der Waals surface area (Å²) in [4.78, 5) is 5.12. The third-order valence-electron chi connectivity index (χ3n) is 5.79. The highest BCUT2D eigenvalue weighted by molar-refractivity contribution is 4.92. The molecule has 3 aliphatic rings. The molecule has 3 rings (SSSR count). The molecule has 1 aliphatic carbocycles. The lowest BCUT2D eigenvalue weighted by atomic mass is 9.79. The van der Waals surface area contributed by atoms with Gasteiger partial charge in [-0.2, -0.15) is 0 Å². The molecule has 2 saturated heterocycles. The normalized spacial score (nSPS) is 28.1. The number of nitrogens with zero attached hydrogens (tertiary/aromatic N) is 2. The van der Waals surface area contributed by atoms with Crippen LogP contribution in [0.4, 0.5) is 0 Å². The van der Waals surface area contributed by atoms with Crippen LogP contribution >= 0.6 is 0 Å². The smallest absolute Gasteiger partial charge is 0.0472 e. The fourth-order valence-corrected chi connectivity index (χ4v) is 3.94. The molecule has 0 spiro atoms. The van der Waals surface area contributed by atoms with Gasteiger partial charge in [0, 0.05) is 38.4 Å². The SMILES string of the molecule is CN1CCC(N(C)CC2(CNC3CC3)CCOCC2)CC1. The lowest BCUT2D eigenvalue weighted by Crippen LogP contribution is -2.51. The Morgan fingerprint density at radius 1 is 1.14 bits per heavy atom. The number of nitrogens with one attached hydrogen (secondary N) is 1. The highest BCUT2D eigenvalue weighted by Gasteiger charge is 2.37. The summed E-state index contributed by atoms with van der Waals surface area (Å²) in [6, 6.07) is 1.60. The Hall–Kier alpha value is -0.160. The third-order valence-corrected chi connectivity index (χ3v) is 5.79. The van der Waals surface area contributed by atoms with Gasteiger partial charge in [0.05, 0.1) is 0 Å². The quantitative estimate of drug-likeness (QED) is 0.805. The fourth-order valence-electron chi connectivity index (χ4n) is 3.94. The molecule has 0 aromatic rings. The van der Waals surface area contributed by atoms with Crippen LogP contribution in [-0.2, 0) is 4.74 Å². The van der Waals surface area contributed by atoms with Gasteiger partial charge < -0.3 is 19.9 Å². The van der Waals surface area contributed by atoms with Crippen LogP contribution in [0.15, 0.2) is 0 Å². The molecule has 0 aromatic heterocycles. The second kappa shape index (κ2) is 6.95. The molecule has 0 unspecified atom stereocenters. The van der Waals surface area contributed by atoms with E-state index in [0.717, 1.165) is 25.3 Å². The van der Waals surface area contributed by atoms with E-state index >= 15 is 0 Å². The average molecular weight is 295 g/mol. The van der Waals surface area contributed by atoms with Crippen molar-refractivity contribution in [2.45, 2.75) is 50.6 Å². The van der Waals surface area contributed by atoms with Crippen molar-refractivity contribution in [2.75, 3.05) is 53.5 Å². The van der Waals surface area contributed by atoms with E-state index in [1.54, 1.807) is 0 Å². The van der Waals surface area contributed by atoms with Gasteiger partial charge in [-0.1, -0.05) is 0 Å². The maximum absolute atomic E-state index is 5.64. The van der Waals surface area contributed by atoms with Gasteiger partial charge in [0.1, 0.15) is 0 Å². The first-order valence-corrected chi connectivity index (χ1v) is 8.87. The molecule has 21 heavy (non-hydrogen) atoms. The Labute approximate surface area is 130 Å². The number of ether oxygens (including phenoxy) is 1. The molecule has 122 valence electrons. The second-order valence-electron chi connectivity index (χ2n) is 7.72. The van der Waals surface area contributed by atoms with Gasteiger partial charge in [0.2, 0.25) is 0 Å². The molecule has 0 bridgehead atoms. The summed E-state index contributed by atoms with van der Waals surface area (Å²) in [5.41, 5.74) is 0.443. The Morgan fingerprint density at radius 3 is 2.43 bits per heavy atom. The van der Waals surface area contributed by atoms with Crippen molar-refractivity contribution in [3.05, 3.63) is 0 Å². The van der Waals surface area contributed by atoms with E-state index < -0.39 is 0 Å². The van der Waals surface area contributed by atoms with Crippen molar-refractivity contribution in [2.24, 2.45) is 5.41 Å². The van der Waals surface area contributed by atoms with Crippen LogP contribution in [0, 0.1) is 5.41 Å². The second-order valence-corrected chi connectivity index (χ2v) is 7.72. The molecule has 1 saturated carbocycles. The lowest BCUT2D eigenvalue weighted by Gasteiger charge is -2.44. The molecular formula is C17H33N3O. The van der Waals surface area contributed by atoms with Crippen LogP contribution < -0.4 is 5.32 Å². The van der Waals surface area contributed by atoms with Gasteiger partial charge in [-0.25, -0.2) is 0 Å². The zero-order valence-electron chi connectivity index (χ0n) is 13.9. The summed E-state index contributed by atoms with van der Waals surface area (Å²) in [5.74, 6) is 0. The number of likely N-dealkylation sites (tertiary alicyclic amines) is 1. The summed E-state index contributed by atoms with van der Waals surface area (Å²) in [6.07, 6.45) is 7.88. The minimum atomic E-state index is 0.443. The van der Waals surface area contributed by atoms with Crippen LogP contribution in [0.2, 0.25) is 0 Å². The zero-order valence-corrected chi connectivity index (χ0v) is 13.9. The van der Waals surface area contributed by atoms with Crippen LogP contribution in [0.25, 0.3) is 0 Å². The molecule has 4 heteroatoms. The van der Waals surface area contributed by atoms with Crippen LogP contribution in [0.3, 0.4) is 0 Å². The first-order valence-electron chi connectivity index (χ1n) is 8.87. The maximum atomic E-state index is 5.64. The first kappa shape index (κ1) is 15.7. The van der Waals surface area contributed by atoms with Crippen molar-refractivity contribution in [3.8, 4) is 0 Å². The van der Waals surface area contributed by atoms with Gasteiger partial charge in [0.15, 0.2) is 0 Å². The van der Waals surface area contributed by atoms with E-state index in [0.29, 0.717) is 5.41 Å². The molecule has 1 N–H and O–H groups in total. The van der Waals surface area contributed by atoms with E-state index in [9.17, 15) is 0 Å². The summed E-state index contributed by atoms with van der Waals surface area (Å²) in [5, 5.41) is 3.79. The van der Waals surface area contributed by atoms with E-state index in [2.05, 4.69) is 29.2 Å². The van der Waals surface area contributed by atoms with Crippen molar-refractivity contribution in [3.63, 3.8) is 0 Å². The van der Waals surface area contributed by atoms with Crippen molar-refractivity contribution in [1.82, 2.24) is 15.1 Å². The van der Waals surface area contributed by atoms with E-state index in [1.807, 2.05) is 0 Å². The summed E-state index contributed by atoms with van der Waals surface area (Å²) in [7, 11) is 4.60. The molecule has 0 amide bonds. The summed E-state index contributed by atoms with van der Waals surface area (Å²) >= 11 is 0. The maximum Gasteiger partial charge on any atom is 0.0472 e. The topological polar surface area (TPSA) is 27.7 Å². The molecule has 3 fully saturated rings. The Bertz CT molecular complexity index is 318. The Balaban J connectivity index is 1.54. The van der Waals surface area contributed by atoms with E-state index in [1.165, 1.54) is 64.7 Å². The van der Waals surface area contributed by atoms with Crippen LogP contribution in [0.1, 0.15) is 38.5 Å². The van der Waals surface area contributed by atoms with Gasteiger partial charge in [-0.15, -0.1) is 0 Å². The van der Waals surface area contributed by atoms with Gasteiger partial charge >= 0.3 is 0 Å². The third kappa shape index (κ3) is 4.41. The van der Waals surface area contributed by atoms with E-state index in [4.69, 9.17) is 4.74 Å². The molecule has 0 aromatic carbocycles. The minimum Gasteiger partial charge on any atom is -0.381 e. The Kier molecular flexibility index (Phi) is 5.20. The summed E-state index contributed by atoms with van der Waals surface area (Å²) in [6.45, 7) is 6.85. The van der Waals surface area contributed by atoms with Gasteiger partial charge in [-0.3, -0.25) is 0 Å². The molecule has 2 aliphatic heterocycles. The molecule has 0 radical (unpaired) electrons. The highest BCUT2D eigenvalue weighted by atomic mass is 16.5. The zero-order chi connectivity index (χ0) is 14.7. The average Bonchev–Trinajstić information content (AvgIpc) is 3.31. The molecule has 4 nitrogen and oxygen atoms in total. The Morgan fingerprint density at radius 2 is 1.81 bits per heavy atom. The molecule has 0 atom stereocenters. The summed E-state index contributed by atoms with van der Waals surface area (Å²) < 4.78 is 5.64. The van der Waals surface area contributed by atoms with Gasteiger partial charge in [0.25, 0.3) is 0 Å². The fraction of sp³-hybridized carbons (Fsp3) is 1.00. The van der Waals surface area contributed by atoms with Crippen molar-refractivity contribution >= 4 is 0 Å². The van der Waals surface area contributed by atoms with Crippen molar-refractivity contribution in [1.29, 1.82) is 0 Å². The standard InChI is InChI=1S/C17H33N3O/c1-19-9-5-16(6-10-19)20(2)14-17(7-11-21-12-8-17)13-18-15-3-4-15/h15-16,18H,3-14H2,1-2H3.